The quantitative estimate of drug-likeness (QED) is 0.789. The van der Waals surface area contributed by atoms with Gasteiger partial charge in [-0.2, -0.15) is 0 Å². The molecule has 1 aliphatic carbocycles. The molecule has 0 radical (unpaired) electrons. The highest BCUT2D eigenvalue weighted by Gasteiger charge is 2.10. The van der Waals surface area contributed by atoms with E-state index in [2.05, 4.69) is 17.4 Å². The number of nitrogen functional groups attached to an aromatic ring is 1. The van der Waals surface area contributed by atoms with Crippen LogP contribution in [0, 0.1) is 5.82 Å². The summed E-state index contributed by atoms with van der Waals surface area (Å²) in [5.74, 6) is -0.321. The summed E-state index contributed by atoms with van der Waals surface area (Å²) in [6.45, 7) is 0. The molecule has 92 valence electrons. The van der Waals surface area contributed by atoms with Crippen LogP contribution >= 0.6 is 0 Å². The largest absolute Gasteiger partial charge is 0.399 e. The van der Waals surface area contributed by atoms with Gasteiger partial charge in [0, 0.05) is 17.1 Å². The van der Waals surface area contributed by atoms with E-state index in [1.54, 1.807) is 6.07 Å². The van der Waals surface area contributed by atoms with E-state index >= 15 is 0 Å². The molecule has 0 saturated carbocycles. The summed E-state index contributed by atoms with van der Waals surface area (Å²) >= 11 is 0. The van der Waals surface area contributed by atoms with Gasteiger partial charge in [0.25, 0.3) is 0 Å². The Hall–Kier alpha value is -2.03. The number of fused-ring (bicyclic) bond motifs is 1. The number of hydrogen-bond acceptors (Lipinski definition) is 2. The van der Waals surface area contributed by atoms with Crippen LogP contribution in [0.25, 0.3) is 0 Å². The van der Waals surface area contributed by atoms with Gasteiger partial charge in [0.1, 0.15) is 5.82 Å². The molecule has 3 rings (SSSR count). The number of halogens is 1. The Balaban J connectivity index is 1.88. The Morgan fingerprint density at radius 1 is 0.944 bits per heavy atom. The number of rotatable bonds is 2. The van der Waals surface area contributed by atoms with Gasteiger partial charge in [-0.1, -0.05) is 6.07 Å². The fourth-order valence-corrected chi connectivity index (χ4v) is 2.50. The average molecular weight is 242 g/mol. The van der Waals surface area contributed by atoms with Crippen molar-refractivity contribution in [2.45, 2.75) is 19.3 Å². The van der Waals surface area contributed by atoms with Crippen molar-refractivity contribution in [3.05, 3.63) is 53.3 Å². The maximum atomic E-state index is 13.2. The fraction of sp³-hybridized carbons (Fsp3) is 0.200. The molecule has 2 nitrogen and oxygen atoms in total. The molecule has 0 aromatic heterocycles. The second kappa shape index (κ2) is 4.33. The third-order valence-corrected chi connectivity index (χ3v) is 3.31. The Morgan fingerprint density at radius 3 is 2.61 bits per heavy atom. The van der Waals surface area contributed by atoms with Crippen LogP contribution in [0.1, 0.15) is 17.5 Å². The SMILES string of the molecule is Nc1cc(F)cc(Nc2ccc3c(c2)CCC3)c1. The lowest BCUT2D eigenvalue weighted by Crippen LogP contribution is -1.95. The van der Waals surface area contributed by atoms with Gasteiger partial charge in [-0.25, -0.2) is 4.39 Å². The Morgan fingerprint density at radius 2 is 1.78 bits per heavy atom. The Kier molecular flexibility index (Phi) is 2.67. The number of nitrogens with two attached hydrogens (primary N) is 1. The van der Waals surface area contributed by atoms with Crippen LogP contribution in [-0.4, -0.2) is 0 Å². The first-order chi connectivity index (χ1) is 8.70. The summed E-state index contributed by atoms with van der Waals surface area (Å²) in [5.41, 5.74) is 10.5. The highest BCUT2D eigenvalue weighted by molar-refractivity contribution is 5.65. The molecule has 1 aliphatic rings. The molecule has 3 heteroatoms. The standard InChI is InChI=1S/C15H15FN2/c16-12-7-13(17)9-15(8-12)18-14-5-4-10-2-1-3-11(10)6-14/h4-9,18H,1-3,17H2. The number of nitrogens with one attached hydrogen (secondary N) is 1. The van der Waals surface area contributed by atoms with E-state index in [4.69, 9.17) is 5.73 Å². The first kappa shape index (κ1) is 11.1. The van der Waals surface area contributed by atoms with Crippen LogP contribution in [0.2, 0.25) is 0 Å². The van der Waals surface area contributed by atoms with Gasteiger partial charge in [0.15, 0.2) is 0 Å². The topological polar surface area (TPSA) is 38.0 Å². The van der Waals surface area contributed by atoms with Gasteiger partial charge in [-0.15, -0.1) is 0 Å². The third-order valence-electron chi connectivity index (χ3n) is 3.31. The van der Waals surface area contributed by atoms with Crippen LogP contribution < -0.4 is 11.1 Å². The van der Waals surface area contributed by atoms with Gasteiger partial charge in [0.05, 0.1) is 0 Å². The molecule has 0 atom stereocenters. The number of benzene rings is 2. The van der Waals surface area contributed by atoms with Crippen molar-refractivity contribution >= 4 is 17.1 Å². The zero-order chi connectivity index (χ0) is 12.5. The third kappa shape index (κ3) is 2.16. The molecule has 18 heavy (non-hydrogen) atoms. The van der Waals surface area contributed by atoms with Crippen molar-refractivity contribution in [1.82, 2.24) is 0 Å². The summed E-state index contributed by atoms with van der Waals surface area (Å²) in [6, 6.07) is 10.8. The van der Waals surface area contributed by atoms with Crippen molar-refractivity contribution in [3.8, 4) is 0 Å². The van der Waals surface area contributed by atoms with E-state index < -0.39 is 0 Å². The van der Waals surface area contributed by atoms with E-state index in [0.717, 1.165) is 12.1 Å². The molecule has 0 spiro atoms. The summed E-state index contributed by atoms with van der Waals surface area (Å²) in [6.07, 6.45) is 3.53. The highest BCUT2D eigenvalue weighted by atomic mass is 19.1. The number of anilines is 3. The minimum atomic E-state index is -0.321. The molecule has 2 aromatic rings. The van der Waals surface area contributed by atoms with Crippen LogP contribution in [0.4, 0.5) is 21.5 Å². The van der Waals surface area contributed by atoms with E-state index in [-0.39, 0.29) is 5.82 Å². The molecule has 0 saturated heterocycles. The smallest absolute Gasteiger partial charge is 0.127 e. The summed E-state index contributed by atoms with van der Waals surface area (Å²) in [5, 5.41) is 3.20. The average Bonchev–Trinajstić information content (AvgIpc) is 2.74. The van der Waals surface area contributed by atoms with E-state index in [1.165, 1.54) is 36.1 Å². The van der Waals surface area contributed by atoms with Crippen LogP contribution in [0.15, 0.2) is 36.4 Å². The van der Waals surface area contributed by atoms with Crippen molar-refractivity contribution in [2.75, 3.05) is 11.1 Å². The second-order valence-corrected chi connectivity index (χ2v) is 4.74. The van der Waals surface area contributed by atoms with Crippen molar-refractivity contribution in [2.24, 2.45) is 0 Å². The normalized spacial score (nSPS) is 13.4. The lowest BCUT2D eigenvalue weighted by molar-refractivity contribution is 0.629. The van der Waals surface area contributed by atoms with Gasteiger partial charge in [-0.3, -0.25) is 0 Å². The van der Waals surface area contributed by atoms with Crippen molar-refractivity contribution < 1.29 is 4.39 Å². The van der Waals surface area contributed by atoms with Crippen molar-refractivity contribution in [3.63, 3.8) is 0 Å². The highest BCUT2D eigenvalue weighted by Crippen LogP contribution is 2.27. The van der Waals surface area contributed by atoms with Gasteiger partial charge in [0.2, 0.25) is 0 Å². The Labute approximate surface area is 106 Å². The molecular weight excluding hydrogens is 227 g/mol. The first-order valence-electron chi connectivity index (χ1n) is 6.15. The lowest BCUT2D eigenvalue weighted by atomic mass is 10.1. The minimum Gasteiger partial charge on any atom is -0.399 e. The predicted molar refractivity (Wildman–Crippen MR) is 72.6 cm³/mol. The van der Waals surface area contributed by atoms with Crippen LogP contribution in [-0.2, 0) is 12.8 Å². The maximum Gasteiger partial charge on any atom is 0.127 e. The van der Waals surface area contributed by atoms with Gasteiger partial charge in [-0.05, 0) is 60.7 Å². The molecule has 0 heterocycles. The van der Waals surface area contributed by atoms with Gasteiger partial charge < -0.3 is 11.1 Å². The monoisotopic (exact) mass is 242 g/mol. The molecule has 3 N–H and O–H groups in total. The Bertz CT molecular complexity index is 573. The minimum absolute atomic E-state index is 0.321. The van der Waals surface area contributed by atoms with E-state index in [9.17, 15) is 4.39 Å². The molecule has 0 amide bonds. The van der Waals surface area contributed by atoms with E-state index in [1.807, 2.05) is 6.07 Å². The zero-order valence-electron chi connectivity index (χ0n) is 10.0. The molecule has 0 fully saturated rings. The molecule has 0 aliphatic heterocycles. The molecular formula is C15H15FN2. The number of hydrogen-bond donors (Lipinski definition) is 2. The number of aryl methyl sites for hydroxylation is 2. The molecule has 2 aromatic carbocycles. The van der Waals surface area contributed by atoms with Gasteiger partial charge >= 0.3 is 0 Å². The predicted octanol–water partition coefficient (Wildman–Crippen LogP) is 3.64. The summed E-state index contributed by atoms with van der Waals surface area (Å²) < 4.78 is 13.2. The second-order valence-electron chi connectivity index (χ2n) is 4.74. The fourth-order valence-electron chi connectivity index (χ4n) is 2.50. The van der Waals surface area contributed by atoms with Crippen molar-refractivity contribution in [1.29, 1.82) is 0 Å². The molecule has 0 bridgehead atoms. The first-order valence-corrected chi connectivity index (χ1v) is 6.15. The maximum absolute atomic E-state index is 13.2. The zero-order valence-corrected chi connectivity index (χ0v) is 10.0. The van der Waals surface area contributed by atoms with Crippen LogP contribution in [0.3, 0.4) is 0 Å². The van der Waals surface area contributed by atoms with Crippen LogP contribution in [0.5, 0.6) is 0 Å². The summed E-state index contributed by atoms with van der Waals surface area (Å²) in [4.78, 5) is 0. The summed E-state index contributed by atoms with van der Waals surface area (Å²) in [7, 11) is 0. The molecule has 0 unspecified atom stereocenters. The lowest BCUT2D eigenvalue weighted by Gasteiger charge is -2.09. The van der Waals surface area contributed by atoms with E-state index in [0.29, 0.717) is 11.4 Å².